The van der Waals surface area contributed by atoms with Gasteiger partial charge in [-0.3, -0.25) is 9.78 Å². The standard InChI is InChI=1S/C19H20N2O2/c22-18(13-16-6-3-4-10-20-16)21-11-8-19(9-12-21)14-15-5-1-2-7-17(15)23-19/h1-7,10H,8-9,11-14H2. The van der Waals surface area contributed by atoms with Gasteiger partial charge in [-0.05, 0) is 23.8 Å². The van der Waals surface area contributed by atoms with Gasteiger partial charge in [0.2, 0.25) is 5.91 Å². The highest BCUT2D eigenvalue weighted by molar-refractivity contribution is 5.78. The van der Waals surface area contributed by atoms with E-state index in [1.165, 1.54) is 5.56 Å². The van der Waals surface area contributed by atoms with Gasteiger partial charge in [0.25, 0.3) is 0 Å². The number of hydrogen-bond acceptors (Lipinski definition) is 3. The summed E-state index contributed by atoms with van der Waals surface area (Å²) in [7, 11) is 0. The van der Waals surface area contributed by atoms with Crippen molar-refractivity contribution in [2.24, 2.45) is 0 Å². The number of fused-ring (bicyclic) bond motifs is 1. The van der Waals surface area contributed by atoms with E-state index in [9.17, 15) is 4.79 Å². The van der Waals surface area contributed by atoms with Crippen LogP contribution in [0.25, 0.3) is 0 Å². The summed E-state index contributed by atoms with van der Waals surface area (Å²) < 4.78 is 6.23. The highest BCUT2D eigenvalue weighted by atomic mass is 16.5. The third-order valence-corrected chi connectivity index (χ3v) is 4.90. The second kappa shape index (κ2) is 5.69. The molecule has 1 fully saturated rings. The van der Waals surface area contributed by atoms with Crippen molar-refractivity contribution in [1.82, 2.24) is 9.88 Å². The van der Waals surface area contributed by atoms with E-state index >= 15 is 0 Å². The van der Waals surface area contributed by atoms with Crippen molar-refractivity contribution in [1.29, 1.82) is 0 Å². The van der Waals surface area contributed by atoms with Gasteiger partial charge in [0, 0.05) is 44.2 Å². The van der Waals surface area contributed by atoms with Crippen molar-refractivity contribution in [2.45, 2.75) is 31.3 Å². The highest BCUT2D eigenvalue weighted by Gasteiger charge is 2.42. The summed E-state index contributed by atoms with van der Waals surface area (Å²) in [4.78, 5) is 18.6. The van der Waals surface area contributed by atoms with Crippen LogP contribution in [0, 0.1) is 0 Å². The molecule has 1 spiro atoms. The lowest BCUT2D eigenvalue weighted by Crippen LogP contribution is -2.49. The Bertz CT molecular complexity index is 679. The summed E-state index contributed by atoms with van der Waals surface area (Å²) in [5.74, 6) is 1.18. The zero-order valence-corrected chi connectivity index (χ0v) is 13.1. The fraction of sp³-hybridized carbons (Fsp3) is 0.368. The van der Waals surface area contributed by atoms with Gasteiger partial charge in [-0.25, -0.2) is 0 Å². The van der Waals surface area contributed by atoms with Gasteiger partial charge in [-0.2, -0.15) is 0 Å². The third-order valence-electron chi connectivity index (χ3n) is 4.90. The molecule has 3 heterocycles. The number of amides is 1. The van der Waals surface area contributed by atoms with Gasteiger partial charge in [0.05, 0.1) is 6.42 Å². The Kier molecular flexibility index (Phi) is 3.52. The van der Waals surface area contributed by atoms with Crippen LogP contribution in [0.15, 0.2) is 48.7 Å². The van der Waals surface area contributed by atoms with Crippen LogP contribution in [-0.2, 0) is 17.6 Å². The molecular weight excluding hydrogens is 288 g/mol. The minimum atomic E-state index is -0.106. The number of rotatable bonds is 2. The van der Waals surface area contributed by atoms with Gasteiger partial charge in [-0.15, -0.1) is 0 Å². The molecule has 0 unspecified atom stereocenters. The largest absolute Gasteiger partial charge is 0.487 e. The monoisotopic (exact) mass is 308 g/mol. The molecule has 1 aromatic carbocycles. The molecule has 2 aromatic rings. The Morgan fingerprint density at radius 3 is 2.65 bits per heavy atom. The fourth-order valence-electron chi connectivity index (χ4n) is 3.58. The molecule has 4 rings (SSSR count). The van der Waals surface area contributed by atoms with Gasteiger partial charge in [-0.1, -0.05) is 24.3 Å². The normalized spacial score (nSPS) is 18.5. The number of pyridine rings is 1. The number of piperidine rings is 1. The van der Waals surface area contributed by atoms with Crippen LogP contribution < -0.4 is 4.74 Å². The Balaban J connectivity index is 1.37. The average molecular weight is 308 g/mol. The smallest absolute Gasteiger partial charge is 0.228 e. The van der Waals surface area contributed by atoms with E-state index in [2.05, 4.69) is 17.1 Å². The van der Waals surface area contributed by atoms with Crippen molar-refractivity contribution in [3.63, 3.8) is 0 Å². The molecular formula is C19H20N2O2. The summed E-state index contributed by atoms with van der Waals surface area (Å²) in [5.41, 5.74) is 2.02. The maximum Gasteiger partial charge on any atom is 0.228 e. The number of carbonyl (C=O) groups excluding carboxylic acids is 1. The van der Waals surface area contributed by atoms with E-state index in [0.717, 1.165) is 43.8 Å². The molecule has 1 amide bonds. The van der Waals surface area contributed by atoms with Crippen molar-refractivity contribution in [2.75, 3.05) is 13.1 Å². The van der Waals surface area contributed by atoms with E-state index in [-0.39, 0.29) is 11.5 Å². The number of likely N-dealkylation sites (tertiary alicyclic amines) is 1. The molecule has 0 radical (unpaired) electrons. The molecule has 118 valence electrons. The lowest BCUT2D eigenvalue weighted by atomic mass is 9.87. The van der Waals surface area contributed by atoms with Crippen molar-refractivity contribution < 1.29 is 9.53 Å². The van der Waals surface area contributed by atoms with E-state index in [4.69, 9.17) is 4.74 Å². The summed E-state index contributed by atoms with van der Waals surface area (Å²) in [6.07, 6.45) is 4.88. The molecule has 4 nitrogen and oxygen atoms in total. The van der Waals surface area contributed by atoms with Crippen LogP contribution >= 0.6 is 0 Å². The maximum absolute atomic E-state index is 12.4. The summed E-state index contributed by atoms with van der Waals surface area (Å²) in [6.45, 7) is 1.53. The fourth-order valence-corrected chi connectivity index (χ4v) is 3.58. The second-order valence-electron chi connectivity index (χ2n) is 6.45. The molecule has 1 aromatic heterocycles. The van der Waals surface area contributed by atoms with Crippen LogP contribution in [0.1, 0.15) is 24.1 Å². The molecule has 0 bridgehead atoms. The minimum absolute atomic E-state index is 0.106. The molecule has 0 N–H and O–H groups in total. The first-order valence-corrected chi connectivity index (χ1v) is 8.19. The van der Waals surface area contributed by atoms with Crippen LogP contribution in [0.3, 0.4) is 0 Å². The molecule has 2 aliphatic rings. The summed E-state index contributed by atoms with van der Waals surface area (Å²) in [5, 5.41) is 0. The number of nitrogens with zero attached hydrogens (tertiary/aromatic N) is 2. The molecule has 2 aliphatic heterocycles. The number of aromatic nitrogens is 1. The number of ether oxygens (including phenoxy) is 1. The SMILES string of the molecule is O=C(Cc1ccccn1)N1CCC2(CC1)Cc1ccccc1O2. The molecule has 0 atom stereocenters. The zero-order valence-electron chi connectivity index (χ0n) is 13.1. The van der Waals surface area contributed by atoms with Gasteiger partial charge < -0.3 is 9.64 Å². The number of hydrogen-bond donors (Lipinski definition) is 0. The van der Waals surface area contributed by atoms with Gasteiger partial charge in [0.1, 0.15) is 11.4 Å². The first-order valence-electron chi connectivity index (χ1n) is 8.19. The van der Waals surface area contributed by atoms with Crippen molar-refractivity contribution in [3.8, 4) is 5.75 Å². The average Bonchev–Trinajstić information content (AvgIpc) is 2.94. The molecule has 0 aliphatic carbocycles. The van der Waals surface area contributed by atoms with E-state index in [1.807, 2.05) is 35.2 Å². The van der Waals surface area contributed by atoms with Gasteiger partial charge in [0.15, 0.2) is 0 Å². The topological polar surface area (TPSA) is 42.4 Å². The van der Waals surface area contributed by atoms with E-state index < -0.39 is 0 Å². The second-order valence-corrected chi connectivity index (χ2v) is 6.45. The highest BCUT2D eigenvalue weighted by Crippen LogP contribution is 2.40. The lowest BCUT2D eigenvalue weighted by molar-refractivity contribution is -0.133. The first kappa shape index (κ1) is 14.2. The number of para-hydroxylation sites is 1. The van der Waals surface area contributed by atoms with Crippen LogP contribution in [0.4, 0.5) is 0 Å². The van der Waals surface area contributed by atoms with Gasteiger partial charge >= 0.3 is 0 Å². The first-order chi connectivity index (χ1) is 11.2. The van der Waals surface area contributed by atoms with Crippen LogP contribution in [0.5, 0.6) is 5.75 Å². The molecule has 0 saturated carbocycles. The Hall–Kier alpha value is -2.36. The Morgan fingerprint density at radius 1 is 1.13 bits per heavy atom. The predicted octanol–water partition coefficient (Wildman–Crippen LogP) is 2.62. The van der Waals surface area contributed by atoms with E-state index in [1.54, 1.807) is 6.20 Å². The lowest BCUT2D eigenvalue weighted by Gasteiger charge is -2.38. The zero-order chi connectivity index (χ0) is 15.7. The van der Waals surface area contributed by atoms with E-state index in [0.29, 0.717) is 6.42 Å². The molecule has 23 heavy (non-hydrogen) atoms. The summed E-state index contributed by atoms with van der Waals surface area (Å²) in [6, 6.07) is 14.0. The molecule has 1 saturated heterocycles. The molecule has 4 heteroatoms. The van der Waals surface area contributed by atoms with Crippen molar-refractivity contribution in [3.05, 3.63) is 59.9 Å². The number of carbonyl (C=O) groups is 1. The summed E-state index contributed by atoms with van der Waals surface area (Å²) >= 11 is 0. The third kappa shape index (κ3) is 2.81. The maximum atomic E-state index is 12.4. The Labute approximate surface area is 136 Å². The Morgan fingerprint density at radius 2 is 1.91 bits per heavy atom. The van der Waals surface area contributed by atoms with Crippen molar-refractivity contribution >= 4 is 5.91 Å². The number of benzene rings is 1. The van der Waals surface area contributed by atoms with Crippen LogP contribution in [0.2, 0.25) is 0 Å². The van der Waals surface area contributed by atoms with Crippen LogP contribution in [-0.4, -0.2) is 34.5 Å². The predicted molar refractivity (Wildman–Crippen MR) is 87.3 cm³/mol. The quantitative estimate of drug-likeness (QED) is 0.856. The minimum Gasteiger partial charge on any atom is -0.487 e.